The SMILES string of the molecule is Cc1c(C2=CCNCC2)nnn1-c1ccccc1. The zero-order valence-corrected chi connectivity index (χ0v) is 10.4. The summed E-state index contributed by atoms with van der Waals surface area (Å²) in [6.07, 6.45) is 3.23. The number of aromatic nitrogens is 3. The van der Waals surface area contributed by atoms with Crippen molar-refractivity contribution in [1.82, 2.24) is 20.3 Å². The monoisotopic (exact) mass is 240 g/mol. The largest absolute Gasteiger partial charge is 0.313 e. The molecule has 0 saturated carbocycles. The van der Waals surface area contributed by atoms with Crippen LogP contribution in [-0.2, 0) is 0 Å². The first-order chi connectivity index (χ1) is 8.86. The lowest BCUT2D eigenvalue weighted by Gasteiger charge is -2.12. The first-order valence-corrected chi connectivity index (χ1v) is 6.24. The van der Waals surface area contributed by atoms with Crippen molar-refractivity contribution in [1.29, 1.82) is 0 Å². The Bertz CT molecular complexity index is 569. The van der Waals surface area contributed by atoms with Gasteiger partial charge in [-0.15, -0.1) is 5.10 Å². The van der Waals surface area contributed by atoms with Crippen molar-refractivity contribution in [3.8, 4) is 5.69 Å². The van der Waals surface area contributed by atoms with Crippen LogP contribution in [0.15, 0.2) is 36.4 Å². The fourth-order valence-electron chi connectivity index (χ4n) is 2.28. The molecule has 4 nitrogen and oxygen atoms in total. The van der Waals surface area contributed by atoms with Crippen LogP contribution in [-0.4, -0.2) is 28.1 Å². The van der Waals surface area contributed by atoms with Crippen molar-refractivity contribution in [3.05, 3.63) is 47.8 Å². The minimum atomic E-state index is 0.924. The number of benzene rings is 1. The number of nitrogens with zero attached hydrogens (tertiary/aromatic N) is 3. The minimum Gasteiger partial charge on any atom is -0.313 e. The van der Waals surface area contributed by atoms with Gasteiger partial charge in [-0.2, -0.15) is 0 Å². The summed E-state index contributed by atoms with van der Waals surface area (Å²) in [5.74, 6) is 0. The molecule has 18 heavy (non-hydrogen) atoms. The molecule has 3 rings (SSSR count). The number of nitrogens with one attached hydrogen (secondary N) is 1. The maximum atomic E-state index is 4.33. The number of rotatable bonds is 2. The van der Waals surface area contributed by atoms with Crippen LogP contribution in [0.4, 0.5) is 0 Å². The molecule has 0 amide bonds. The number of hydrogen-bond acceptors (Lipinski definition) is 3. The lowest BCUT2D eigenvalue weighted by molar-refractivity contribution is 0.736. The normalized spacial score (nSPS) is 15.5. The van der Waals surface area contributed by atoms with E-state index >= 15 is 0 Å². The molecular formula is C14H16N4. The Labute approximate surface area is 106 Å². The zero-order chi connectivity index (χ0) is 12.4. The highest BCUT2D eigenvalue weighted by atomic mass is 15.4. The van der Waals surface area contributed by atoms with Gasteiger partial charge in [-0.1, -0.05) is 29.5 Å². The highest BCUT2D eigenvalue weighted by molar-refractivity contribution is 5.65. The van der Waals surface area contributed by atoms with Gasteiger partial charge in [0.2, 0.25) is 0 Å². The van der Waals surface area contributed by atoms with Gasteiger partial charge >= 0.3 is 0 Å². The third-order valence-corrected chi connectivity index (χ3v) is 3.26. The molecule has 2 heterocycles. The second kappa shape index (κ2) is 4.74. The Kier molecular flexibility index (Phi) is 2.94. The predicted molar refractivity (Wildman–Crippen MR) is 71.6 cm³/mol. The van der Waals surface area contributed by atoms with Crippen LogP contribution in [0.3, 0.4) is 0 Å². The highest BCUT2D eigenvalue weighted by Crippen LogP contribution is 2.22. The molecule has 0 atom stereocenters. The van der Waals surface area contributed by atoms with Gasteiger partial charge in [0, 0.05) is 6.54 Å². The fourth-order valence-corrected chi connectivity index (χ4v) is 2.28. The second-order valence-electron chi connectivity index (χ2n) is 4.45. The molecule has 2 aromatic rings. The summed E-state index contributed by atoms with van der Waals surface area (Å²) in [6.45, 7) is 4.02. The first-order valence-electron chi connectivity index (χ1n) is 6.24. The van der Waals surface area contributed by atoms with Gasteiger partial charge in [-0.25, -0.2) is 4.68 Å². The smallest absolute Gasteiger partial charge is 0.112 e. The third-order valence-electron chi connectivity index (χ3n) is 3.26. The van der Waals surface area contributed by atoms with Gasteiger partial charge in [0.25, 0.3) is 0 Å². The van der Waals surface area contributed by atoms with E-state index in [2.05, 4.69) is 28.6 Å². The molecule has 0 fully saturated rings. The summed E-state index contributed by atoms with van der Waals surface area (Å²) < 4.78 is 1.90. The van der Waals surface area contributed by atoms with Crippen molar-refractivity contribution >= 4 is 5.57 Å². The Balaban J connectivity index is 2.00. The van der Waals surface area contributed by atoms with Gasteiger partial charge in [0.15, 0.2) is 0 Å². The summed E-state index contributed by atoms with van der Waals surface area (Å²) in [5, 5.41) is 11.9. The molecule has 4 heteroatoms. The van der Waals surface area contributed by atoms with Crippen LogP contribution < -0.4 is 5.32 Å². The second-order valence-corrected chi connectivity index (χ2v) is 4.45. The van der Waals surface area contributed by atoms with E-state index in [1.165, 1.54) is 5.57 Å². The predicted octanol–water partition coefficient (Wildman–Crippen LogP) is 1.95. The van der Waals surface area contributed by atoms with E-state index in [1.807, 2.05) is 35.0 Å². The maximum Gasteiger partial charge on any atom is 0.112 e. The number of para-hydroxylation sites is 1. The Hall–Kier alpha value is -1.94. The Morgan fingerprint density at radius 1 is 1.22 bits per heavy atom. The van der Waals surface area contributed by atoms with Crippen LogP contribution >= 0.6 is 0 Å². The van der Waals surface area contributed by atoms with E-state index in [4.69, 9.17) is 0 Å². The van der Waals surface area contributed by atoms with Gasteiger partial charge in [0.05, 0.1) is 11.4 Å². The molecule has 1 aliphatic heterocycles. The van der Waals surface area contributed by atoms with Crippen LogP contribution in [0.5, 0.6) is 0 Å². The summed E-state index contributed by atoms with van der Waals surface area (Å²) >= 11 is 0. The lowest BCUT2D eigenvalue weighted by Crippen LogP contribution is -2.20. The molecule has 0 unspecified atom stereocenters. The van der Waals surface area contributed by atoms with E-state index < -0.39 is 0 Å². The number of hydrogen-bond donors (Lipinski definition) is 1. The van der Waals surface area contributed by atoms with Gasteiger partial charge in [0.1, 0.15) is 5.69 Å². The van der Waals surface area contributed by atoms with Crippen molar-refractivity contribution in [2.45, 2.75) is 13.3 Å². The van der Waals surface area contributed by atoms with E-state index in [0.717, 1.165) is 36.6 Å². The molecule has 0 aliphatic carbocycles. The average molecular weight is 240 g/mol. The van der Waals surface area contributed by atoms with Crippen LogP contribution in [0, 0.1) is 6.92 Å². The lowest BCUT2D eigenvalue weighted by atomic mass is 10.0. The molecule has 0 radical (unpaired) electrons. The van der Waals surface area contributed by atoms with Crippen LogP contribution in [0.25, 0.3) is 11.3 Å². The summed E-state index contributed by atoms with van der Waals surface area (Å²) in [6, 6.07) is 10.1. The minimum absolute atomic E-state index is 0.924. The van der Waals surface area contributed by atoms with Crippen molar-refractivity contribution in [2.75, 3.05) is 13.1 Å². The molecular weight excluding hydrogens is 224 g/mol. The molecule has 0 bridgehead atoms. The van der Waals surface area contributed by atoms with Crippen molar-refractivity contribution < 1.29 is 0 Å². The van der Waals surface area contributed by atoms with Crippen molar-refractivity contribution in [2.24, 2.45) is 0 Å². The molecule has 1 aliphatic rings. The van der Waals surface area contributed by atoms with Gasteiger partial charge in [-0.3, -0.25) is 0 Å². The van der Waals surface area contributed by atoms with E-state index in [1.54, 1.807) is 0 Å². The van der Waals surface area contributed by atoms with Crippen LogP contribution in [0.2, 0.25) is 0 Å². The van der Waals surface area contributed by atoms with Crippen LogP contribution in [0.1, 0.15) is 17.8 Å². The highest BCUT2D eigenvalue weighted by Gasteiger charge is 2.15. The molecule has 1 aromatic heterocycles. The molecule has 0 saturated heterocycles. The van der Waals surface area contributed by atoms with E-state index in [9.17, 15) is 0 Å². The third kappa shape index (κ3) is 1.95. The topological polar surface area (TPSA) is 42.7 Å². The quantitative estimate of drug-likeness (QED) is 0.872. The van der Waals surface area contributed by atoms with Gasteiger partial charge in [-0.05, 0) is 37.6 Å². The van der Waals surface area contributed by atoms with E-state index in [-0.39, 0.29) is 0 Å². The Morgan fingerprint density at radius 3 is 2.78 bits per heavy atom. The zero-order valence-electron chi connectivity index (χ0n) is 10.4. The Morgan fingerprint density at radius 2 is 2.06 bits per heavy atom. The fraction of sp³-hybridized carbons (Fsp3) is 0.286. The standard InChI is InChI=1S/C14H16N4/c1-11-14(12-7-9-15-10-8-12)16-17-18(11)13-5-3-2-4-6-13/h2-7,15H,8-10H2,1H3. The summed E-state index contributed by atoms with van der Waals surface area (Å²) in [5.41, 5.74) is 4.49. The first kappa shape index (κ1) is 11.2. The summed E-state index contributed by atoms with van der Waals surface area (Å²) in [4.78, 5) is 0. The molecule has 1 N–H and O–H groups in total. The molecule has 0 spiro atoms. The molecule has 92 valence electrons. The van der Waals surface area contributed by atoms with Crippen molar-refractivity contribution in [3.63, 3.8) is 0 Å². The average Bonchev–Trinajstić information content (AvgIpc) is 2.83. The van der Waals surface area contributed by atoms with Gasteiger partial charge < -0.3 is 5.32 Å². The molecule has 1 aromatic carbocycles. The summed E-state index contributed by atoms with van der Waals surface area (Å²) in [7, 11) is 0. The van der Waals surface area contributed by atoms with E-state index in [0.29, 0.717) is 0 Å². The maximum absolute atomic E-state index is 4.33.